The molecule has 0 N–H and O–H groups in total. The average Bonchev–Trinajstić information content (AvgIpc) is 2.37. The van der Waals surface area contributed by atoms with Gasteiger partial charge in [0.1, 0.15) is 0 Å². The van der Waals surface area contributed by atoms with E-state index >= 15 is 0 Å². The van der Waals surface area contributed by atoms with E-state index in [1.54, 1.807) is 19.0 Å². The fraction of sp³-hybridized carbons (Fsp3) is 0.182. The van der Waals surface area contributed by atoms with Crippen molar-refractivity contribution < 1.29 is 9.66 Å². The maximum atomic E-state index is 11.0. The van der Waals surface area contributed by atoms with Crippen molar-refractivity contribution in [2.75, 3.05) is 19.0 Å². The van der Waals surface area contributed by atoms with Gasteiger partial charge in [0.05, 0.1) is 4.92 Å². The van der Waals surface area contributed by atoms with E-state index in [0.717, 1.165) is 0 Å². The van der Waals surface area contributed by atoms with Gasteiger partial charge in [-0.3, -0.25) is 10.1 Å². The molecule has 1 aromatic carbocycles. The van der Waals surface area contributed by atoms with Crippen molar-refractivity contribution in [3.05, 3.63) is 38.6 Å². The molecule has 0 fully saturated rings. The van der Waals surface area contributed by atoms with Gasteiger partial charge in [0, 0.05) is 31.3 Å². The summed E-state index contributed by atoms with van der Waals surface area (Å²) in [4.78, 5) is 23.6. The molecule has 0 aliphatic heterocycles. The van der Waals surface area contributed by atoms with Crippen LogP contribution in [0.1, 0.15) is 0 Å². The molecule has 0 unspecified atom stereocenters. The number of nitro benzene ring substituents is 1. The van der Waals surface area contributed by atoms with Crippen molar-refractivity contribution in [2.45, 2.75) is 0 Å². The third-order valence-electron chi connectivity index (χ3n) is 2.30. The minimum atomic E-state index is -0.596. The Morgan fingerprint density at radius 3 is 2.57 bits per heavy atom. The Hall–Kier alpha value is -2.19. The Bertz CT molecular complexity index is 696. The van der Waals surface area contributed by atoms with E-state index in [1.807, 2.05) is 0 Å². The van der Waals surface area contributed by atoms with E-state index in [9.17, 15) is 10.1 Å². The van der Waals surface area contributed by atoms with Crippen LogP contribution in [0.25, 0.3) is 0 Å². The van der Waals surface area contributed by atoms with Gasteiger partial charge in [-0.25, -0.2) is 0 Å². The lowest BCUT2D eigenvalue weighted by molar-refractivity contribution is -0.385. The number of ether oxygens (including phenoxy) is 1. The molecule has 1 heterocycles. The minimum Gasteiger partial charge on any atom is -0.417 e. The summed E-state index contributed by atoms with van der Waals surface area (Å²) in [5.41, 5.74) is -0.262. The third-order valence-corrected chi connectivity index (χ3v) is 2.70. The standard InChI is InChI=1S/C11H9Cl2N5O3/c1-17(2)10-14-9(13)15-11(16-10)21-8-5-6(12)3-4-7(8)18(19)20/h3-5H,1-2H3. The highest BCUT2D eigenvalue weighted by molar-refractivity contribution is 6.30. The van der Waals surface area contributed by atoms with Gasteiger partial charge in [-0.15, -0.1) is 0 Å². The van der Waals surface area contributed by atoms with E-state index in [2.05, 4.69) is 15.0 Å². The molecule has 0 saturated heterocycles. The minimum absolute atomic E-state index is 0.0838. The monoisotopic (exact) mass is 329 g/mol. The van der Waals surface area contributed by atoms with Crippen LogP contribution in [0, 0.1) is 10.1 Å². The number of hydrogen-bond donors (Lipinski definition) is 0. The normalized spacial score (nSPS) is 10.3. The summed E-state index contributed by atoms with van der Waals surface area (Å²) < 4.78 is 5.32. The fourth-order valence-electron chi connectivity index (χ4n) is 1.39. The molecule has 2 rings (SSSR count). The topological polar surface area (TPSA) is 94.3 Å². The maximum Gasteiger partial charge on any atom is 0.328 e. The van der Waals surface area contributed by atoms with Crippen molar-refractivity contribution in [3.8, 4) is 11.8 Å². The first-order valence-corrected chi connectivity index (χ1v) is 6.33. The molecule has 0 bridgehead atoms. The molecule has 8 nitrogen and oxygen atoms in total. The van der Waals surface area contributed by atoms with Crippen LogP contribution < -0.4 is 9.64 Å². The molecule has 0 spiro atoms. The van der Waals surface area contributed by atoms with Crippen LogP contribution in [0.15, 0.2) is 18.2 Å². The van der Waals surface area contributed by atoms with Crippen molar-refractivity contribution >= 4 is 34.8 Å². The number of nitrogens with zero attached hydrogens (tertiary/aromatic N) is 5. The molecule has 21 heavy (non-hydrogen) atoms. The first-order valence-electron chi connectivity index (χ1n) is 5.57. The summed E-state index contributed by atoms with van der Waals surface area (Å²) in [7, 11) is 3.41. The molecular formula is C11H9Cl2N5O3. The molecule has 10 heteroatoms. The number of halogens is 2. The molecule has 110 valence electrons. The zero-order chi connectivity index (χ0) is 15.6. The van der Waals surface area contributed by atoms with Gasteiger partial charge in [0.15, 0.2) is 0 Å². The summed E-state index contributed by atoms with van der Waals surface area (Å²) in [5, 5.41) is 11.2. The van der Waals surface area contributed by atoms with Gasteiger partial charge < -0.3 is 9.64 Å². The number of anilines is 1. The molecule has 0 aliphatic carbocycles. The average molecular weight is 330 g/mol. The summed E-state index contributed by atoms with van der Waals surface area (Å²) in [5.74, 6) is 0.175. The number of hydrogen-bond acceptors (Lipinski definition) is 7. The fourth-order valence-corrected chi connectivity index (χ4v) is 1.70. The Morgan fingerprint density at radius 1 is 1.24 bits per heavy atom. The Kier molecular flexibility index (Phi) is 4.39. The molecular weight excluding hydrogens is 321 g/mol. The lowest BCUT2D eigenvalue weighted by Crippen LogP contribution is -2.13. The molecule has 0 aliphatic rings. The second-order valence-electron chi connectivity index (χ2n) is 4.05. The van der Waals surface area contributed by atoms with E-state index in [1.165, 1.54) is 18.2 Å². The quantitative estimate of drug-likeness (QED) is 0.628. The van der Waals surface area contributed by atoms with Gasteiger partial charge in [-0.05, 0) is 17.7 Å². The molecule has 0 atom stereocenters. The Balaban J connectivity index is 2.42. The van der Waals surface area contributed by atoms with E-state index in [-0.39, 0.29) is 33.7 Å². The lowest BCUT2D eigenvalue weighted by atomic mass is 10.3. The molecule has 2 aromatic rings. The van der Waals surface area contributed by atoms with Crippen LogP contribution in [0.5, 0.6) is 11.8 Å². The van der Waals surface area contributed by atoms with Crippen molar-refractivity contribution in [1.29, 1.82) is 0 Å². The van der Waals surface area contributed by atoms with Crippen LogP contribution in [-0.4, -0.2) is 34.0 Å². The zero-order valence-electron chi connectivity index (χ0n) is 10.9. The van der Waals surface area contributed by atoms with Crippen molar-refractivity contribution in [3.63, 3.8) is 0 Å². The van der Waals surface area contributed by atoms with Gasteiger partial charge in [-0.1, -0.05) is 11.6 Å². The van der Waals surface area contributed by atoms with Crippen LogP contribution >= 0.6 is 23.2 Å². The second-order valence-corrected chi connectivity index (χ2v) is 4.83. The highest BCUT2D eigenvalue weighted by Crippen LogP contribution is 2.33. The van der Waals surface area contributed by atoms with Crippen LogP contribution in [0.4, 0.5) is 11.6 Å². The highest BCUT2D eigenvalue weighted by atomic mass is 35.5. The van der Waals surface area contributed by atoms with Gasteiger partial charge in [0.25, 0.3) is 0 Å². The Morgan fingerprint density at radius 2 is 1.95 bits per heavy atom. The predicted molar refractivity (Wildman–Crippen MR) is 77.3 cm³/mol. The lowest BCUT2D eigenvalue weighted by Gasteiger charge is -2.11. The smallest absolute Gasteiger partial charge is 0.328 e. The van der Waals surface area contributed by atoms with Crippen LogP contribution in [-0.2, 0) is 0 Å². The number of aromatic nitrogens is 3. The molecule has 0 saturated carbocycles. The zero-order valence-corrected chi connectivity index (χ0v) is 12.5. The summed E-state index contributed by atoms with van der Waals surface area (Å²) in [6, 6.07) is 3.75. The largest absolute Gasteiger partial charge is 0.417 e. The first kappa shape index (κ1) is 15.2. The van der Waals surface area contributed by atoms with E-state index in [4.69, 9.17) is 27.9 Å². The SMILES string of the molecule is CN(C)c1nc(Cl)nc(Oc2cc(Cl)ccc2[N+](=O)[O-])n1. The second kappa shape index (κ2) is 6.06. The van der Waals surface area contributed by atoms with Gasteiger partial charge in [-0.2, -0.15) is 15.0 Å². The predicted octanol–water partition coefficient (Wildman–Crippen LogP) is 2.94. The van der Waals surface area contributed by atoms with E-state index < -0.39 is 4.92 Å². The summed E-state index contributed by atoms with van der Waals surface area (Å²) in [6.45, 7) is 0. The van der Waals surface area contributed by atoms with Crippen LogP contribution in [0.3, 0.4) is 0 Å². The first-order chi connectivity index (χ1) is 9.86. The van der Waals surface area contributed by atoms with Gasteiger partial charge in [0.2, 0.25) is 17.0 Å². The molecule has 1 aromatic heterocycles. The van der Waals surface area contributed by atoms with Crippen molar-refractivity contribution in [2.24, 2.45) is 0 Å². The molecule has 0 radical (unpaired) electrons. The van der Waals surface area contributed by atoms with Gasteiger partial charge >= 0.3 is 11.7 Å². The van der Waals surface area contributed by atoms with E-state index in [0.29, 0.717) is 0 Å². The summed E-state index contributed by atoms with van der Waals surface area (Å²) >= 11 is 11.6. The number of rotatable bonds is 4. The number of benzene rings is 1. The molecule has 0 amide bonds. The summed E-state index contributed by atoms with van der Waals surface area (Å²) in [6.07, 6.45) is 0. The van der Waals surface area contributed by atoms with Crippen LogP contribution in [0.2, 0.25) is 10.3 Å². The third kappa shape index (κ3) is 3.67. The van der Waals surface area contributed by atoms with Crippen molar-refractivity contribution in [1.82, 2.24) is 15.0 Å². The maximum absolute atomic E-state index is 11.0. The Labute approximate surface area is 129 Å². The highest BCUT2D eigenvalue weighted by Gasteiger charge is 2.18. The number of nitro groups is 1.